The normalized spacial score (nSPS) is 22.9. The van der Waals surface area contributed by atoms with Gasteiger partial charge in [0.15, 0.2) is 5.82 Å². The maximum Gasteiger partial charge on any atom is 0.261 e. The van der Waals surface area contributed by atoms with E-state index in [-0.39, 0.29) is 16.9 Å². The fraction of sp³-hybridized carbons (Fsp3) is 0.385. The molecule has 2 aromatic rings. The van der Waals surface area contributed by atoms with Crippen LogP contribution in [0.5, 0.6) is 5.75 Å². The summed E-state index contributed by atoms with van der Waals surface area (Å²) in [5.41, 5.74) is 0.353. The molecule has 1 aromatic heterocycles. The summed E-state index contributed by atoms with van der Waals surface area (Å²) in [7, 11) is 0. The number of benzene rings is 1. The molecule has 0 spiro atoms. The SMILES string of the molecule is CC1SCCSC1c1noc(-c2ccc(F)cc2O)n1. The first-order valence-corrected chi connectivity index (χ1v) is 8.30. The lowest BCUT2D eigenvalue weighted by molar-refractivity contribution is 0.416. The Kier molecular flexibility index (Phi) is 3.89. The summed E-state index contributed by atoms with van der Waals surface area (Å²) in [6.07, 6.45) is 0. The van der Waals surface area contributed by atoms with E-state index in [4.69, 9.17) is 4.52 Å². The molecule has 3 rings (SSSR count). The van der Waals surface area contributed by atoms with Gasteiger partial charge in [0.05, 0.1) is 10.8 Å². The van der Waals surface area contributed by atoms with Gasteiger partial charge in [-0.2, -0.15) is 16.7 Å². The average molecular weight is 312 g/mol. The van der Waals surface area contributed by atoms with Gasteiger partial charge >= 0.3 is 0 Å². The van der Waals surface area contributed by atoms with Gasteiger partial charge in [-0.25, -0.2) is 4.39 Å². The van der Waals surface area contributed by atoms with Crippen LogP contribution in [0.3, 0.4) is 0 Å². The van der Waals surface area contributed by atoms with E-state index in [2.05, 4.69) is 17.1 Å². The van der Waals surface area contributed by atoms with Gasteiger partial charge in [0, 0.05) is 22.8 Å². The number of nitrogens with zero attached hydrogens (tertiary/aromatic N) is 2. The van der Waals surface area contributed by atoms with Gasteiger partial charge in [-0.3, -0.25) is 0 Å². The van der Waals surface area contributed by atoms with Crippen molar-refractivity contribution in [3.05, 3.63) is 29.8 Å². The Balaban J connectivity index is 1.89. The molecule has 20 heavy (non-hydrogen) atoms. The van der Waals surface area contributed by atoms with E-state index < -0.39 is 5.82 Å². The van der Waals surface area contributed by atoms with Crippen LogP contribution < -0.4 is 0 Å². The van der Waals surface area contributed by atoms with Crippen LogP contribution in [0, 0.1) is 5.82 Å². The van der Waals surface area contributed by atoms with E-state index in [1.165, 1.54) is 12.1 Å². The second kappa shape index (κ2) is 5.65. The maximum atomic E-state index is 13.0. The summed E-state index contributed by atoms with van der Waals surface area (Å²) in [5.74, 6) is 2.35. The molecular formula is C13H13FN2O2S2. The second-order valence-electron chi connectivity index (χ2n) is 4.49. The van der Waals surface area contributed by atoms with E-state index in [9.17, 15) is 9.50 Å². The van der Waals surface area contributed by atoms with E-state index in [0.29, 0.717) is 16.6 Å². The third kappa shape index (κ3) is 2.64. The Labute approximate surface area is 124 Å². The highest BCUT2D eigenvalue weighted by atomic mass is 32.2. The molecule has 1 saturated heterocycles. The van der Waals surface area contributed by atoms with Crippen LogP contribution in [-0.2, 0) is 0 Å². The van der Waals surface area contributed by atoms with Crippen molar-refractivity contribution < 1.29 is 14.0 Å². The fourth-order valence-corrected chi connectivity index (χ4v) is 4.74. The molecule has 1 fully saturated rings. The van der Waals surface area contributed by atoms with Gasteiger partial charge in [0.25, 0.3) is 5.89 Å². The molecule has 4 nitrogen and oxygen atoms in total. The third-order valence-electron chi connectivity index (χ3n) is 3.07. The Hall–Kier alpha value is -1.21. The van der Waals surface area contributed by atoms with Gasteiger partial charge in [0.2, 0.25) is 0 Å². The number of halogens is 1. The first-order chi connectivity index (χ1) is 9.65. The molecular weight excluding hydrogens is 299 g/mol. The maximum absolute atomic E-state index is 13.0. The van der Waals surface area contributed by atoms with Crippen LogP contribution in [0.1, 0.15) is 18.0 Å². The molecule has 1 aliphatic rings. The van der Waals surface area contributed by atoms with E-state index in [1.807, 2.05) is 23.5 Å². The molecule has 0 bridgehead atoms. The highest BCUT2D eigenvalue weighted by Gasteiger charge is 2.29. The number of phenols is 1. The summed E-state index contributed by atoms with van der Waals surface area (Å²) in [6, 6.07) is 3.73. The van der Waals surface area contributed by atoms with Crippen molar-refractivity contribution in [2.24, 2.45) is 0 Å². The predicted molar refractivity (Wildman–Crippen MR) is 78.5 cm³/mol. The number of rotatable bonds is 2. The molecule has 2 unspecified atom stereocenters. The summed E-state index contributed by atoms with van der Waals surface area (Å²) in [4.78, 5) is 4.35. The quantitative estimate of drug-likeness (QED) is 0.916. The molecule has 0 aliphatic carbocycles. The van der Waals surface area contributed by atoms with Crippen molar-refractivity contribution >= 4 is 23.5 Å². The van der Waals surface area contributed by atoms with E-state index >= 15 is 0 Å². The molecule has 7 heteroatoms. The lowest BCUT2D eigenvalue weighted by Gasteiger charge is -2.24. The van der Waals surface area contributed by atoms with Crippen molar-refractivity contribution in [3.8, 4) is 17.2 Å². The van der Waals surface area contributed by atoms with Crippen LogP contribution in [-0.4, -0.2) is 32.0 Å². The van der Waals surface area contributed by atoms with Gasteiger partial charge in [0.1, 0.15) is 11.6 Å². The minimum absolute atomic E-state index is 0.189. The van der Waals surface area contributed by atoms with Crippen molar-refractivity contribution in [2.75, 3.05) is 11.5 Å². The largest absolute Gasteiger partial charge is 0.507 e. The Bertz CT molecular complexity index is 620. The number of hydrogen-bond donors (Lipinski definition) is 1. The molecule has 0 radical (unpaired) electrons. The first kappa shape index (κ1) is 13.8. The van der Waals surface area contributed by atoms with Gasteiger partial charge in [-0.05, 0) is 12.1 Å². The molecule has 0 amide bonds. The zero-order valence-electron chi connectivity index (χ0n) is 10.7. The molecule has 2 atom stereocenters. The van der Waals surface area contributed by atoms with Crippen molar-refractivity contribution in [2.45, 2.75) is 17.4 Å². The van der Waals surface area contributed by atoms with Crippen LogP contribution in [0.2, 0.25) is 0 Å². The lowest BCUT2D eigenvalue weighted by atomic mass is 10.2. The monoisotopic (exact) mass is 312 g/mol. The summed E-state index contributed by atoms with van der Waals surface area (Å²) in [6.45, 7) is 2.15. The molecule has 1 aliphatic heterocycles. The van der Waals surface area contributed by atoms with Crippen molar-refractivity contribution in [1.29, 1.82) is 0 Å². The number of phenolic OH excluding ortho intramolecular Hbond substituents is 1. The first-order valence-electron chi connectivity index (χ1n) is 6.21. The zero-order chi connectivity index (χ0) is 14.1. The van der Waals surface area contributed by atoms with E-state index in [0.717, 1.165) is 17.6 Å². The minimum Gasteiger partial charge on any atom is -0.507 e. The number of aromatic nitrogens is 2. The molecule has 106 valence electrons. The molecule has 0 saturated carbocycles. The lowest BCUT2D eigenvalue weighted by Crippen LogP contribution is -2.16. The molecule has 2 heterocycles. The average Bonchev–Trinajstić information content (AvgIpc) is 2.88. The van der Waals surface area contributed by atoms with Crippen LogP contribution >= 0.6 is 23.5 Å². The smallest absolute Gasteiger partial charge is 0.261 e. The number of aromatic hydroxyl groups is 1. The van der Waals surface area contributed by atoms with Crippen molar-refractivity contribution in [1.82, 2.24) is 10.1 Å². The van der Waals surface area contributed by atoms with Gasteiger partial charge in [-0.15, -0.1) is 11.8 Å². The second-order valence-corrected chi connectivity index (χ2v) is 7.22. The van der Waals surface area contributed by atoms with Gasteiger partial charge in [-0.1, -0.05) is 12.1 Å². The van der Waals surface area contributed by atoms with Crippen molar-refractivity contribution in [3.63, 3.8) is 0 Å². The third-order valence-corrected chi connectivity index (χ3v) is 6.16. The topological polar surface area (TPSA) is 59.2 Å². The minimum atomic E-state index is -0.501. The Morgan fingerprint density at radius 2 is 2.15 bits per heavy atom. The highest BCUT2D eigenvalue weighted by Crippen LogP contribution is 2.42. The van der Waals surface area contributed by atoms with Gasteiger partial charge < -0.3 is 9.63 Å². The predicted octanol–water partition coefficient (Wildman–Crippen LogP) is 3.49. The highest BCUT2D eigenvalue weighted by molar-refractivity contribution is 8.06. The Morgan fingerprint density at radius 1 is 1.35 bits per heavy atom. The standard InChI is InChI=1S/C13H13FN2O2S2/c1-7-11(20-5-4-19-7)12-15-13(18-16-12)9-3-2-8(14)6-10(9)17/h2-3,6-7,11,17H,4-5H2,1H3. The summed E-state index contributed by atoms with van der Waals surface area (Å²) >= 11 is 3.70. The summed E-state index contributed by atoms with van der Waals surface area (Å²) in [5, 5.41) is 14.4. The number of thioether (sulfide) groups is 2. The van der Waals surface area contributed by atoms with Crippen LogP contribution in [0.25, 0.3) is 11.5 Å². The van der Waals surface area contributed by atoms with E-state index in [1.54, 1.807) is 0 Å². The van der Waals surface area contributed by atoms with Crippen LogP contribution in [0.15, 0.2) is 22.7 Å². The number of hydrogen-bond acceptors (Lipinski definition) is 6. The Morgan fingerprint density at radius 3 is 2.90 bits per heavy atom. The molecule has 1 aromatic carbocycles. The van der Waals surface area contributed by atoms with Crippen LogP contribution in [0.4, 0.5) is 4.39 Å². The molecule has 1 N–H and O–H groups in total. The zero-order valence-corrected chi connectivity index (χ0v) is 12.4. The summed E-state index contributed by atoms with van der Waals surface area (Å²) < 4.78 is 18.2. The fourth-order valence-electron chi connectivity index (χ4n) is 2.06.